The topological polar surface area (TPSA) is 119 Å². The lowest BCUT2D eigenvalue weighted by Gasteiger charge is -2.31. The van der Waals surface area contributed by atoms with Crippen molar-refractivity contribution in [1.29, 1.82) is 0 Å². The largest absolute Gasteiger partial charge is 0.369 e. The molecule has 0 aromatic rings. The zero-order valence-electron chi connectivity index (χ0n) is 15.9. The van der Waals surface area contributed by atoms with Crippen molar-refractivity contribution >= 4 is 56.1 Å². The first-order valence-corrected chi connectivity index (χ1v) is 11.1. The van der Waals surface area contributed by atoms with Crippen molar-refractivity contribution in [3.63, 3.8) is 0 Å². The van der Waals surface area contributed by atoms with Gasteiger partial charge in [-0.3, -0.25) is 10.9 Å². The predicted octanol–water partition coefficient (Wildman–Crippen LogP) is -0.653. The number of hydrogen-bond acceptors (Lipinski definition) is 7. The molecule has 13 heteroatoms. The first kappa shape index (κ1) is 23.6. The van der Waals surface area contributed by atoms with Gasteiger partial charge in [0.25, 0.3) is 0 Å². The summed E-state index contributed by atoms with van der Waals surface area (Å²) >= 11 is 10.2. The predicted molar refractivity (Wildman–Crippen MR) is 116 cm³/mol. The summed E-state index contributed by atoms with van der Waals surface area (Å²) in [5, 5.41) is 15.1. The van der Waals surface area contributed by atoms with Gasteiger partial charge in [-0.25, -0.2) is 8.42 Å². The van der Waals surface area contributed by atoms with Crippen molar-refractivity contribution in [3.8, 4) is 0 Å². The zero-order valence-corrected chi connectivity index (χ0v) is 18.4. The molecule has 1 rings (SSSR count). The summed E-state index contributed by atoms with van der Waals surface area (Å²) < 4.78 is 30.8. The van der Waals surface area contributed by atoms with Crippen LogP contribution in [0.25, 0.3) is 0 Å². The molecule has 154 valence electrons. The molecule has 1 aliphatic rings. The molecule has 0 aromatic carbocycles. The molecule has 0 saturated carbocycles. The van der Waals surface area contributed by atoms with Crippen molar-refractivity contribution < 1.29 is 13.2 Å². The molecule has 1 atom stereocenters. The van der Waals surface area contributed by atoms with E-state index in [9.17, 15) is 8.42 Å². The first-order valence-electron chi connectivity index (χ1n) is 8.45. The third kappa shape index (κ3) is 8.43. The minimum Gasteiger partial charge on any atom is -0.369 e. The van der Waals surface area contributed by atoms with E-state index in [4.69, 9.17) is 29.2 Å². The van der Waals surface area contributed by atoms with Gasteiger partial charge in [-0.05, 0) is 45.2 Å². The quantitative estimate of drug-likeness (QED) is 0.234. The highest BCUT2D eigenvalue weighted by Crippen LogP contribution is 2.11. The van der Waals surface area contributed by atoms with E-state index >= 15 is 0 Å². The SMILES string of the molecule is CCNC(=S)N/N=C(/C(C)=N/NC(=S)NCC)C1CN(S(C)(=O)=O)CCO1. The highest BCUT2D eigenvalue weighted by molar-refractivity contribution is 7.88. The van der Waals surface area contributed by atoms with Crippen LogP contribution in [0.15, 0.2) is 10.2 Å². The average molecular weight is 438 g/mol. The molecule has 0 aliphatic carbocycles. The highest BCUT2D eigenvalue weighted by atomic mass is 32.2. The fraction of sp³-hybridized carbons (Fsp3) is 0.714. The number of morpholine rings is 1. The summed E-state index contributed by atoms with van der Waals surface area (Å²) in [5.41, 5.74) is 6.37. The van der Waals surface area contributed by atoms with Gasteiger partial charge in [-0.1, -0.05) is 0 Å². The number of thiocarbonyl (C=S) groups is 2. The Hall–Kier alpha value is -1.41. The number of sulfonamides is 1. The Bertz CT molecular complexity index is 694. The Balaban J connectivity index is 3.02. The highest BCUT2D eigenvalue weighted by Gasteiger charge is 2.31. The summed E-state index contributed by atoms with van der Waals surface area (Å²) in [6.45, 7) is 7.54. The second-order valence-electron chi connectivity index (χ2n) is 5.62. The normalized spacial score (nSPS) is 19.3. The summed E-state index contributed by atoms with van der Waals surface area (Å²) in [5.74, 6) is 0. The van der Waals surface area contributed by atoms with Gasteiger partial charge in [0, 0.05) is 26.2 Å². The maximum Gasteiger partial charge on any atom is 0.211 e. The Morgan fingerprint density at radius 2 is 1.70 bits per heavy atom. The van der Waals surface area contributed by atoms with Crippen LogP contribution >= 0.6 is 24.4 Å². The fourth-order valence-corrected chi connectivity index (χ4v) is 3.37. The van der Waals surface area contributed by atoms with E-state index in [1.807, 2.05) is 13.8 Å². The Morgan fingerprint density at radius 3 is 2.22 bits per heavy atom. The summed E-state index contributed by atoms with van der Waals surface area (Å²) in [6.07, 6.45) is 0.575. The second kappa shape index (κ2) is 11.4. The average Bonchev–Trinajstić information content (AvgIpc) is 2.60. The Labute approximate surface area is 171 Å². The third-order valence-corrected chi connectivity index (χ3v) is 5.19. The lowest BCUT2D eigenvalue weighted by atomic mass is 10.1. The molecule has 0 bridgehead atoms. The molecule has 0 aromatic heterocycles. The molecule has 1 aliphatic heterocycles. The van der Waals surface area contributed by atoms with Crippen LogP contribution in [-0.4, -0.2) is 79.5 Å². The van der Waals surface area contributed by atoms with Crippen LogP contribution in [0.3, 0.4) is 0 Å². The summed E-state index contributed by atoms with van der Waals surface area (Å²) in [4.78, 5) is 0. The lowest BCUT2D eigenvalue weighted by Crippen LogP contribution is -2.50. The van der Waals surface area contributed by atoms with E-state index in [2.05, 4.69) is 31.7 Å². The van der Waals surface area contributed by atoms with Gasteiger partial charge in [0.1, 0.15) is 11.8 Å². The van der Waals surface area contributed by atoms with Gasteiger partial charge < -0.3 is 15.4 Å². The van der Waals surface area contributed by atoms with Crippen LogP contribution in [0.4, 0.5) is 0 Å². The van der Waals surface area contributed by atoms with Gasteiger partial charge >= 0.3 is 0 Å². The van der Waals surface area contributed by atoms with Crippen molar-refractivity contribution in [2.24, 2.45) is 10.2 Å². The molecule has 0 amide bonds. The summed E-state index contributed by atoms with van der Waals surface area (Å²) in [7, 11) is -3.34. The lowest BCUT2D eigenvalue weighted by molar-refractivity contribution is 0.0390. The maximum absolute atomic E-state index is 11.9. The smallest absolute Gasteiger partial charge is 0.211 e. The molecule has 27 heavy (non-hydrogen) atoms. The monoisotopic (exact) mass is 437 g/mol. The number of hydrogen-bond donors (Lipinski definition) is 4. The van der Waals surface area contributed by atoms with Crippen molar-refractivity contribution in [2.45, 2.75) is 26.9 Å². The third-order valence-electron chi connectivity index (χ3n) is 3.45. The summed E-state index contributed by atoms with van der Waals surface area (Å²) in [6, 6.07) is 0. The first-order chi connectivity index (χ1) is 12.7. The van der Waals surface area contributed by atoms with E-state index in [0.29, 0.717) is 41.3 Å². The van der Waals surface area contributed by atoms with Gasteiger partial charge in [0.2, 0.25) is 10.0 Å². The van der Waals surface area contributed by atoms with Crippen molar-refractivity contribution in [1.82, 2.24) is 25.8 Å². The standard InChI is InChI=1S/C14H27N7O3S3/c1-5-15-13(25)19-17-10(3)12(18-20-14(26)16-6-2)11-9-21(7-8-24-11)27(4,22)23/h11H,5-9H2,1-4H3,(H2,15,19,25)(H2,16,20,26)/b17-10+,18-12-. The number of ether oxygens (including phenoxy) is 1. The van der Waals surface area contributed by atoms with Gasteiger partial charge in [-0.2, -0.15) is 14.5 Å². The van der Waals surface area contributed by atoms with Crippen LogP contribution in [0.1, 0.15) is 20.8 Å². The number of hydrazone groups is 2. The van der Waals surface area contributed by atoms with Crippen LogP contribution in [0.5, 0.6) is 0 Å². The molecular formula is C14H27N7O3S3. The Morgan fingerprint density at radius 1 is 1.15 bits per heavy atom. The fourth-order valence-electron chi connectivity index (χ4n) is 2.18. The van der Waals surface area contributed by atoms with E-state index in [0.717, 1.165) is 0 Å². The van der Waals surface area contributed by atoms with Crippen LogP contribution in [0.2, 0.25) is 0 Å². The van der Waals surface area contributed by atoms with E-state index < -0.39 is 16.1 Å². The van der Waals surface area contributed by atoms with Crippen molar-refractivity contribution in [3.05, 3.63) is 0 Å². The van der Waals surface area contributed by atoms with Crippen LogP contribution < -0.4 is 21.5 Å². The van der Waals surface area contributed by atoms with Gasteiger partial charge in [-0.15, -0.1) is 0 Å². The second-order valence-corrected chi connectivity index (χ2v) is 8.42. The number of rotatable bonds is 7. The minimum absolute atomic E-state index is 0.137. The number of nitrogens with zero attached hydrogens (tertiary/aromatic N) is 3. The van der Waals surface area contributed by atoms with Gasteiger partial charge in [0.15, 0.2) is 10.2 Å². The minimum atomic E-state index is -3.34. The van der Waals surface area contributed by atoms with Crippen molar-refractivity contribution in [2.75, 3.05) is 39.0 Å². The molecule has 0 radical (unpaired) electrons. The molecule has 0 spiro atoms. The molecule has 1 heterocycles. The van der Waals surface area contributed by atoms with E-state index in [1.165, 1.54) is 10.6 Å². The molecule has 10 nitrogen and oxygen atoms in total. The molecule has 1 saturated heterocycles. The molecule has 4 N–H and O–H groups in total. The van der Waals surface area contributed by atoms with E-state index in [1.54, 1.807) is 6.92 Å². The maximum atomic E-state index is 11.9. The van der Waals surface area contributed by atoms with Crippen LogP contribution in [-0.2, 0) is 14.8 Å². The van der Waals surface area contributed by atoms with E-state index in [-0.39, 0.29) is 13.2 Å². The Kier molecular flexibility index (Phi) is 10.0. The molecule has 1 fully saturated rings. The molecule has 1 unspecified atom stereocenters. The molecular weight excluding hydrogens is 410 g/mol. The zero-order chi connectivity index (χ0) is 20.4. The van der Waals surface area contributed by atoms with Gasteiger partial charge in [0.05, 0.1) is 18.6 Å². The number of nitrogens with one attached hydrogen (secondary N) is 4. The van der Waals surface area contributed by atoms with Crippen LogP contribution in [0, 0.1) is 0 Å².